The lowest BCUT2D eigenvalue weighted by Crippen LogP contribution is -2.57. The van der Waals surface area contributed by atoms with E-state index in [1.165, 1.54) is 11.1 Å². The lowest BCUT2D eigenvalue weighted by atomic mass is 9.79. The fourth-order valence-electron chi connectivity index (χ4n) is 3.61. The third-order valence-electron chi connectivity index (χ3n) is 4.93. The van der Waals surface area contributed by atoms with Crippen LogP contribution in [0.25, 0.3) is 0 Å². The van der Waals surface area contributed by atoms with Gasteiger partial charge in [0.15, 0.2) is 0 Å². The van der Waals surface area contributed by atoms with Gasteiger partial charge in [-0.2, -0.15) is 0 Å². The predicted octanol–water partition coefficient (Wildman–Crippen LogP) is 1.85. The molecule has 2 aliphatic heterocycles. The SMILES string of the molecule is CCS(=O)(=O)N1CCC2(CN(Cc3ccccc3C)C2)C1. The minimum absolute atomic E-state index is 0.213. The van der Waals surface area contributed by atoms with E-state index in [0.717, 1.165) is 26.1 Å². The van der Waals surface area contributed by atoms with Crippen LogP contribution in [0, 0.1) is 12.3 Å². The highest BCUT2D eigenvalue weighted by molar-refractivity contribution is 7.89. The molecule has 0 bridgehead atoms. The van der Waals surface area contributed by atoms with Crippen LogP contribution in [0.2, 0.25) is 0 Å². The van der Waals surface area contributed by atoms with E-state index >= 15 is 0 Å². The minimum Gasteiger partial charge on any atom is -0.298 e. The normalized spacial score (nSPS) is 22.6. The summed E-state index contributed by atoms with van der Waals surface area (Å²) in [6.07, 6.45) is 1.01. The summed E-state index contributed by atoms with van der Waals surface area (Å²) in [4.78, 5) is 2.43. The Morgan fingerprint density at radius 1 is 1.19 bits per heavy atom. The summed E-state index contributed by atoms with van der Waals surface area (Å²) in [6, 6.07) is 8.49. The van der Waals surface area contributed by atoms with Crippen molar-refractivity contribution in [2.45, 2.75) is 26.8 Å². The first-order valence-corrected chi connectivity index (χ1v) is 9.30. The van der Waals surface area contributed by atoms with Crippen molar-refractivity contribution < 1.29 is 8.42 Å². The van der Waals surface area contributed by atoms with Gasteiger partial charge in [-0.05, 0) is 31.4 Å². The molecule has 0 saturated carbocycles. The first-order valence-electron chi connectivity index (χ1n) is 7.69. The van der Waals surface area contributed by atoms with E-state index in [-0.39, 0.29) is 11.2 Å². The second-order valence-electron chi connectivity index (χ2n) is 6.56. The Hall–Kier alpha value is -0.910. The van der Waals surface area contributed by atoms with Gasteiger partial charge >= 0.3 is 0 Å². The zero-order valence-corrected chi connectivity index (χ0v) is 13.7. The van der Waals surface area contributed by atoms with Crippen LogP contribution in [-0.2, 0) is 16.6 Å². The largest absolute Gasteiger partial charge is 0.298 e. The molecule has 116 valence electrons. The summed E-state index contributed by atoms with van der Waals surface area (Å²) >= 11 is 0. The van der Waals surface area contributed by atoms with Gasteiger partial charge < -0.3 is 0 Å². The maximum absolute atomic E-state index is 12.0. The summed E-state index contributed by atoms with van der Waals surface area (Å²) in [6.45, 7) is 8.33. The third kappa shape index (κ3) is 2.87. The lowest BCUT2D eigenvalue weighted by Gasteiger charge is -2.48. The number of likely N-dealkylation sites (tertiary alicyclic amines) is 1. The number of hydrogen-bond donors (Lipinski definition) is 0. The van der Waals surface area contributed by atoms with Crippen LogP contribution < -0.4 is 0 Å². The van der Waals surface area contributed by atoms with Crippen LogP contribution in [0.3, 0.4) is 0 Å². The second kappa shape index (κ2) is 5.38. The molecule has 3 rings (SSSR count). The zero-order valence-electron chi connectivity index (χ0n) is 12.9. The van der Waals surface area contributed by atoms with Crippen molar-refractivity contribution in [3.8, 4) is 0 Å². The van der Waals surface area contributed by atoms with Gasteiger partial charge in [0.05, 0.1) is 5.75 Å². The van der Waals surface area contributed by atoms with Gasteiger partial charge in [0.1, 0.15) is 0 Å². The standard InChI is InChI=1S/C16H24N2O2S/c1-3-21(19,20)18-9-8-16(13-18)11-17(12-16)10-15-7-5-4-6-14(15)2/h4-7H,3,8-13H2,1-2H3. The average Bonchev–Trinajstić information content (AvgIpc) is 2.87. The topological polar surface area (TPSA) is 40.6 Å². The Morgan fingerprint density at radius 3 is 2.57 bits per heavy atom. The Labute approximate surface area is 127 Å². The Kier molecular flexibility index (Phi) is 3.84. The molecule has 0 radical (unpaired) electrons. The molecule has 5 heteroatoms. The molecule has 2 heterocycles. The first-order chi connectivity index (χ1) is 9.94. The first kappa shape index (κ1) is 15.0. The van der Waals surface area contributed by atoms with Gasteiger partial charge in [0, 0.05) is 38.1 Å². The zero-order chi connectivity index (χ0) is 15.1. The number of nitrogens with zero attached hydrogens (tertiary/aromatic N) is 2. The molecule has 0 N–H and O–H groups in total. The van der Waals surface area contributed by atoms with E-state index in [2.05, 4.69) is 36.1 Å². The van der Waals surface area contributed by atoms with E-state index in [9.17, 15) is 8.42 Å². The third-order valence-corrected chi connectivity index (χ3v) is 6.76. The number of hydrogen-bond acceptors (Lipinski definition) is 3. The molecule has 1 spiro atoms. The van der Waals surface area contributed by atoms with Crippen molar-refractivity contribution >= 4 is 10.0 Å². The summed E-state index contributed by atoms with van der Waals surface area (Å²) in [5.74, 6) is 0.218. The van der Waals surface area contributed by atoms with Gasteiger partial charge in [-0.25, -0.2) is 12.7 Å². The van der Waals surface area contributed by atoms with E-state index in [1.807, 2.05) is 0 Å². The van der Waals surface area contributed by atoms with Crippen molar-refractivity contribution in [1.29, 1.82) is 0 Å². The number of aryl methyl sites for hydroxylation is 1. The second-order valence-corrected chi connectivity index (χ2v) is 8.81. The molecule has 1 aromatic carbocycles. The van der Waals surface area contributed by atoms with E-state index in [1.54, 1.807) is 11.2 Å². The van der Waals surface area contributed by atoms with Crippen molar-refractivity contribution in [3.63, 3.8) is 0 Å². The van der Waals surface area contributed by atoms with E-state index < -0.39 is 10.0 Å². The van der Waals surface area contributed by atoms with E-state index in [4.69, 9.17) is 0 Å². The van der Waals surface area contributed by atoms with Crippen LogP contribution in [0.1, 0.15) is 24.5 Å². The van der Waals surface area contributed by atoms with Crippen LogP contribution in [-0.4, -0.2) is 49.6 Å². The Balaban J connectivity index is 1.58. The monoisotopic (exact) mass is 308 g/mol. The molecule has 21 heavy (non-hydrogen) atoms. The van der Waals surface area contributed by atoms with Crippen molar-refractivity contribution in [2.24, 2.45) is 5.41 Å². The highest BCUT2D eigenvalue weighted by atomic mass is 32.2. The molecule has 0 unspecified atom stereocenters. The number of rotatable bonds is 4. The summed E-state index contributed by atoms with van der Waals surface area (Å²) in [7, 11) is -3.01. The molecule has 0 aliphatic carbocycles. The van der Waals surface area contributed by atoms with Crippen molar-refractivity contribution in [3.05, 3.63) is 35.4 Å². The van der Waals surface area contributed by atoms with Gasteiger partial charge in [-0.15, -0.1) is 0 Å². The van der Waals surface area contributed by atoms with Crippen LogP contribution in [0.4, 0.5) is 0 Å². The molecule has 0 aromatic heterocycles. The fourth-order valence-corrected chi connectivity index (χ4v) is 4.82. The summed E-state index contributed by atoms with van der Waals surface area (Å²) < 4.78 is 25.6. The highest BCUT2D eigenvalue weighted by Gasteiger charge is 2.49. The van der Waals surface area contributed by atoms with E-state index in [0.29, 0.717) is 13.1 Å². The Morgan fingerprint density at radius 2 is 1.90 bits per heavy atom. The van der Waals surface area contributed by atoms with Crippen LogP contribution in [0.15, 0.2) is 24.3 Å². The van der Waals surface area contributed by atoms with Gasteiger partial charge in [-0.3, -0.25) is 4.90 Å². The Bertz CT molecular complexity index is 621. The predicted molar refractivity (Wildman–Crippen MR) is 84.5 cm³/mol. The lowest BCUT2D eigenvalue weighted by molar-refractivity contribution is 0.00639. The quantitative estimate of drug-likeness (QED) is 0.852. The maximum atomic E-state index is 12.0. The van der Waals surface area contributed by atoms with Crippen LogP contribution >= 0.6 is 0 Å². The van der Waals surface area contributed by atoms with Gasteiger partial charge in [0.2, 0.25) is 10.0 Å². The van der Waals surface area contributed by atoms with Crippen molar-refractivity contribution in [2.75, 3.05) is 31.9 Å². The molecule has 4 nitrogen and oxygen atoms in total. The molecular formula is C16H24N2O2S. The molecule has 2 aliphatic rings. The van der Waals surface area contributed by atoms with Crippen LogP contribution in [0.5, 0.6) is 0 Å². The summed E-state index contributed by atoms with van der Waals surface area (Å²) in [5.41, 5.74) is 2.92. The minimum atomic E-state index is -3.01. The highest BCUT2D eigenvalue weighted by Crippen LogP contribution is 2.41. The maximum Gasteiger partial charge on any atom is 0.213 e. The van der Waals surface area contributed by atoms with Gasteiger partial charge in [-0.1, -0.05) is 24.3 Å². The average molecular weight is 308 g/mol. The molecule has 2 fully saturated rings. The summed E-state index contributed by atoms with van der Waals surface area (Å²) in [5, 5.41) is 0. The van der Waals surface area contributed by atoms with Gasteiger partial charge in [0.25, 0.3) is 0 Å². The smallest absolute Gasteiger partial charge is 0.213 e. The molecule has 1 aromatic rings. The molecule has 0 atom stereocenters. The van der Waals surface area contributed by atoms with Crippen molar-refractivity contribution in [1.82, 2.24) is 9.21 Å². The number of benzene rings is 1. The molecule has 0 amide bonds. The number of sulfonamides is 1. The fraction of sp³-hybridized carbons (Fsp3) is 0.625. The molecule has 2 saturated heterocycles. The molecular weight excluding hydrogens is 284 g/mol.